The van der Waals surface area contributed by atoms with E-state index in [4.69, 9.17) is 37.0 Å². The van der Waals surface area contributed by atoms with Crippen molar-refractivity contribution in [2.45, 2.75) is 350 Å². The molecule has 0 amide bonds. The molecule has 516 valence electrons. The van der Waals surface area contributed by atoms with Crippen LogP contribution in [0.1, 0.15) is 331 Å². The van der Waals surface area contributed by atoms with Crippen molar-refractivity contribution < 1.29 is 80.2 Å². The van der Waals surface area contributed by atoms with Gasteiger partial charge in [-0.3, -0.25) is 37.3 Å². The van der Waals surface area contributed by atoms with Gasteiger partial charge in [-0.1, -0.05) is 280 Å². The zero-order valence-electron chi connectivity index (χ0n) is 56.6. The molecule has 17 nitrogen and oxygen atoms in total. The molecule has 0 saturated carbocycles. The fourth-order valence-electron chi connectivity index (χ4n) is 10.1. The van der Waals surface area contributed by atoms with Gasteiger partial charge in [0.2, 0.25) is 0 Å². The summed E-state index contributed by atoms with van der Waals surface area (Å²) < 4.78 is 68.1. The van der Waals surface area contributed by atoms with Crippen molar-refractivity contribution in [2.75, 3.05) is 39.6 Å². The van der Waals surface area contributed by atoms with Crippen LogP contribution in [-0.2, 0) is 65.4 Å². The lowest BCUT2D eigenvalue weighted by atomic mass is 9.99. The first-order chi connectivity index (χ1) is 41.7. The monoisotopic (exact) mass is 1280 g/mol. The predicted molar refractivity (Wildman–Crippen MR) is 349 cm³/mol. The topological polar surface area (TPSA) is 237 Å². The minimum absolute atomic E-state index is 0.101. The van der Waals surface area contributed by atoms with Crippen LogP contribution in [0.4, 0.5) is 0 Å². The lowest BCUT2D eigenvalue weighted by Crippen LogP contribution is -2.30. The van der Waals surface area contributed by atoms with E-state index in [9.17, 15) is 43.2 Å². The number of ether oxygens (including phenoxy) is 4. The van der Waals surface area contributed by atoms with Crippen LogP contribution >= 0.6 is 15.6 Å². The first kappa shape index (κ1) is 85.1. The maximum atomic E-state index is 13.0. The molecular weight excluding hydrogens is 1150 g/mol. The third-order valence-electron chi connectivity index (χ3n) is 16.3. The maximum absolute atomic E-state index is 13.0. The summed E-state index contributed by atoms with van der Waals surface area (Å²) in [4.78, 5) is 72.4. The second-order valence-corrected chi connectivity index (χ2v) is 28.9. The van der Waals surface area contributed by atoms with Crippen LogP contribution in [0.15, 0.2) is 0 Å². The first-order valence-corrected chi connectivity index (χ1v) is 38.3. The van der Waals surface area contributed by atoms with Crippen molar-refractivity contribution >= 4 is 39.5 Å². The SMILES string of the molecule is CCC(C)CCCCCCCCCCC(=O)OC[C@H](COP(=O)(O)OC[C@@H](O)COP(=O)(O)OC[C@@H](COC(=O)CCCCCCCCC(C)CC)OC(=O)CCCCCCCCC(C)C)OC(=O)CCCCCCCCCCCCCCCC(C)C. The van der Waals surface area contributed by atoms with E-state index in [2.05, 4.69) is 55.4 Å². The molecule has 4 unspecified atom stereocenters. The number of carbonyl (C=O) groups is 4. The molecule has 7 atom stereocenters. The van der Waals surface area contributed by atoms with Crippen LogP contribution in [-0.4, -0.2) is 96.7 Å². The highest BCUT2D eigenvalue weighted by Gasteiger charge is 2.30. The van der Waals surface area contributed by atoms with Gasteiger partial charge >= 0.3 is 39.5 Å². The Labute approximate surface area is 530 Å². The summed E-state index contributed by atoms with van der Waals surface area (Å²) in [7, 11) is -9.90. The number of phosphoric ester groups is 2. The van der Waals surface area contributed by atoms with Crippen molar-refractivity contribution in [1.29, 1.82) is 0 Å². The summed E-state index contributed by atoms with van der Waals surface area (Å²) in [6, 6.07) is 0. The molecule has 3 N–H and O–H groups in total. The molecule has 0 saturated heterocycles. The molecule has 0 aromatic heterocycles. The van der Waals surface area contributed by atoms with E-state index in [1.807, 2.05) is 0 Å². The number of carbonyl (C=O) groups excluding carboxylic acids is 4. The van der Waals surface area contributed by atoms with Gasteiger partial charge in [-0.2, -0.15) is 0 Å². The molecule has 0 aliphatic rings. The molecular formula is C68H132O17P2. The molecule has 87 heavy (non-hydrogen) atoms. The van der Waals surface area contributed by atoms with Crippen molar-refractivity contribution in [1.82, 2.24) is 0 Å². The van der Waals surface area contributed by atoms with Crippen LogP contribution in [0.3, 0.4) is 0 Å². The number of hydrogen-bond donors (Lipinski definition) is 3. The predicted octanol–water partition coefficient (Wildman–Crippen LogP) is 18.9. The smallest absolute Gasteiger partial charge is 0.462 e. The van der Waals surface area contributed by atoms with Crippen molar-refractivity contribution in [3.05, 3.63) is 0 Å². The number of phosphoric acid groups is 2. The molecule has 0 radical (unpaired) electrons. The molecule has 0 fully saturated rings. The van der Waals surface area contributed by atoms with Gasteiger partial charge in [0.05, 0.1) is 26.4 Å². The molecule has 0 aromatic carbocycles. The van der Waals surface area contributed by atoms with Crippen LogP contribution < -0.4 is 0 Å². The van der Waals surface area contributed by atoms with E-state index in [1.165, 1.54) is 128 Å². The molecule has 19 heteroatoms. The van der Waals surface area contributed by atoms with Gasteiger partial charge in [0.1, 0.15) is 19.3 Å². The fourth-order valence-corrected chi connectivity index (χ4v) is 11.7. The second-order valence-electron chi connectivity index (χ2n) is 26.0. The normalized spacial score (nSPS) is 15.0. The van der Waals surface area contributed by atoms with E-state index in [1.54, 1.807) is 0 Å². The van der Waals surface area contributed by atoms with Crippen LogP contribution in [0.25, 0.3) is 0 Å². The number of unbranched alkanes of at least 4 members (excludes halogenated alkanes) is 29. The molecule has 0 aliphatic heterocycles. The minimum atomic E-state index is -4.95. The molecule has 0 aromatic rings. The van der Waals surface area contributed by atoms with Crippen molar-refractivity contribution in [2.24, 2.45) is 23.7 Å². The van der Waals surface area contributed by atoms with Crippen LogP contribution in [0.2, 0.25) is 0 Å². The van der Waals surface area contributed by atoms with Gasteiger partial charge in [0.15, 0.2) is 12.2 Å². The number of aliphatic hydroxyl groups is 1. The highest BCUT2D eigenvalue weighted by atomic mass is 31.2. The number of esters is 4. The third-order valence-corrected chi connectivity index (χ3v) is 18.2. The van der Waals surface area contributed by atoms with Gasteiger partial charge in [0, 0.05) is 25.7 Å². The van der Waals surface area contributed by atoms with E-state index < -0.39 is 97.5 Å². The molecule has 0 heterocycles. The summed E-state index contributed by atoms with van der Waals surface area (Å²) in [5, 5.41) is 10.6. The van der Waals surface area contributed by atoms with E-state index in [-0.39, 0.29) is 25.7 Å². The lowest BCUT2D eigenvalue weighted by molar-refractivity contribution is -0.161. The van der Waals surface area contributed by atoms with Gasteiger partial charge in [-0.25, -0.2) is 9.13 Å². The summed E-state index contributed by atoms with van der Waals surface area (Å²) in [6.45, 7) is 14.0. The van der Waals surface area contributed by atoms with Gasteiger partial charge in [-0.15, -0.1) is 0 Å². The van der Waals surface area contributed by atoms with Crippen LogP contribution in [0, 0.1) is 23.7 Å². The molecule has 0 bridgehead atoms. The Balaban J connectivity index is 5.24. The highest BCUT2D eigenvalue weighted by molar-refractivity contribution is 7.47. The minimum Gasteiger partial charge on any atom is -0.462 e. The lowest BCUT2D eigenvalue weighted by Gasteiger charge is -2.21. The van der Waals surface area contributed by atoms with Crippen molar-refractivity contribution in [3.8, 4) is 0 Å². The maximum Gasteiger partial charge on any atom is 0.472 e. The number of hydrogen-bond acceptors (Lipinski definition) is 15. The average molecular weight is 1280 g/mol. The standard InChI is InChI=1S/C68H132O17P2/c1-9-60(7)46-38-30-21-18-19-22-32-40-48-65(70)78-54-63(84-67(72)50-42-34-23-17-15-13-11-12-14-16-20-28-36-44-58(3)4)56-82-86(74,75)80-52-62(69)53-81-87(76,77)83-57-64(85-68(73)51-43-35-26-24-29-37-45-59(5)6)55-79-66(71)49-41-33-27-25-31-39-47-61(8)10-2/h58-64,69H,9-57H2,1-8H3,(H,74,75)(H,76,77)/t60?,61?,62-,63-,64-/m1/s1. The third kappa shape index (κ3) is 60.1. The highest BCUT2D eigenvalue weighted by Crippen LogP contribution is 2.45. The fraction of sp³-hybridized carbons (Fsp3) is 0.941. The van der Waals surface area contributed by atoms with Crippen molar-refractivity contribution in [3.63, 3.8) is 0 Å². The largest absolute Gasteiger partial charge is 0.472 e. The average Bonchev–Trinajstić information content (AvgIpc) is 3.69. The van der Waals surface area contributed by atoms with E-state index in [0.717, 1.165) is 114 Å². The van der Waals surface area contributed by atoms with Gasteiger partial charge in [-0.05, 0) is 49.4 Å². The molecule has 0 aliphatic carbocycles. The zero-order chi connectivity index (χ0) is 64.7. The number of aliphatic hydroxyl groups excluding tert-OH is 1. The van der Waals surface area contributed by atoms with Crippen LogP contribution in [0.5, 0.6) is 0 Å². The summed E-state index contributed by atoms with van der Waals surface area (Å²) in [5.41, 5.74) is 0. The Kier molecular flexibility index (Phi) is 56.6. The second kappa shape index (κ2) is 57.9. The zero-order valence-corrected chi connectivity index (χ0v) is 58.4. The van der Waals surface area contributed by atoms with E-state index in [0.29, 0.717) is 31.6 Å². The summed E-state index contributed by atoms with van der Waals surface area (Å²) >= 11 is 0. The first-order valence-electron chi connectivity index (χ1n) is 35.3. The number of rotatable bonds is 65. The summed E-state index contributed by atoms with van der Waals surface area (Å²) in [5.74, 6) is 0.827. The molecule has 0 rings (SSSR count). The quantitative estimate of drug-likeness (QED) is 0.0222. The Morgan fingerprint density at radius 1 is 0.322 bits per heavy atom. The van der Waals surface area contributed by atoms with E-state index >= 15 is 0 Å². The molecule has 0 spiro atoms. The Hall–Kier alpha value is -1.94. The van der Waals surface area contributed by atoms with Gasteiger partial charge in [0.25, 0.3) is 0 Å². The Morgan fingerprint density at radius 2 is 0.552 bits per heavy atom. The summed E-state index contributed by atoms with van der Waals surface area (Å²) in [6.07, 6.45) is 39.1. The van der Waals surface area contributed by atoms with Gasteiger partial charge < -0.3 is 33.8 Å². The Morgan fingerprint density at radius 3 is 0.816 bits per heavy atom. The Bertz CT molecular complexity index is 1730.